The van der Waals surface area contributed by atoms with Crippen molar-refractivity contribution in [3.05, 3.63) is 23.8 Å². The molecule has 17 heavy (non-hydrogen) atoms. The third-order valence-corrected chi connectivity index (χ3v) is 2.33. The summed E-state index contributed by atoms with van der Waals surface area (Å²) in [4.78, 5) is 0. The van der Waals surface area contributed by atoms with Gasteiger partial charge in [0, 0.05) is 5.69 Å². The summed E-state index contributed by atoms with van der Waals surface area (Å²) in [5.41, 5.74) is 4.62. The van der Waals surface area contributed by atoms with Crippen LogP contribution in [-0.2, 0) is 6.18 Å². The molecule has 5 heteroatoms. The van der Waals surface area contributed by atoms with E-state index in [1.807, 2.05) is 6.92 Å². The summed E-state index contributed by atoms with van der Waals surface area (Å²) >= 11 is 0. The number of rotatable bonds is 4. The molecule has 0 unspecified atom stereocenters. The Morgan fingerprint density at radius 2 is 2.00 bits per heavy atom. The monoisotopic (exact) mass is 247 g/mol. The zero-order valence-electron chi connectivity index (χ0n) is 9.84. The van der Waals surface area contributed by atoms with E-state index in [9.17, 15) is 13.2 Å². The maximum atomic E-state index is 12.7. The summed E-state index contributed by atoms with van der Waals surface area (Å²) in [5.74, 6) is -0.160. The minimum atomic E-state index is -4.45. The summed E-state index contributed by atoms with van der Waals surface area (Å²) in [6.45, 7) is 3.70. The molecule has 0 bridgehead atoms. The van der Waals surface area contributed by atoms with E-state index in [2.05, 4.69) is 0 Å². The van der Waals surface area contributed by atoms with Gasteiger partial charge in [-0.3, -0.25) is 0 Å². The van der Waals surface area contributed by atoms with Crippen molar-refractivity contribution in [3.63, 3.8) is 0 Å². The fourth-order valence-corrected chi connectivity index (χ4v) is 1.55. The molecule has 1 rings (SSSR count). The molecule has 96 valence electrons. The molecule has 0 amide bonds. The smallest absolute Gasteiger partial charge is 0.420 e. The van der Waals surface area contributed by atoms with E-state index in [-0.39, 0.29) is 17.5 Å². The second kappa shape index (κ2) is 5.29. The van der Waals surface area contributed by atoms with Gasteiger partial charge in [0.15, 0.2) is 0 Å². The molecule has 0 aromatic heterocycles. The van der Waals surface area contributed by atoms with E-state index in [1.54, 1.807) is 6.92 Å². The lowest BCUT2D eigenvalue weighted by molar-refractivity contribution is -0.139. The first-order chi connectivity index (χ1) is 7.84. The number of anilines is 1. The van der Waals surface area contributed by atoms with E-state index in [1.165, 1.54) is 12.1 Å². The highest BCUT2D eigenvalue weighted by Crippen LogP contribution is 2.37. The fourth-order valence-electron chi connectivity index (χ4n) is 1.55. The SMILES string of the molecule is CCC[C@H](C)Oc1ccc(N)cc1C(F)(F)F. The second-order valence-electron chi connectivity index (χ2n) is 3.97. The molecule has 0 saturated carbocycles. The van der Waals surface area contributed by atoms with E-state index in [4.69, 9.17) is 10.5 Å². The lowest BCUT2D eigenvalue weighted by atomic mass is 10.1. The van der Waals surface area contributed by atoms with Gasteiger partial charge in [0.05, 0.1) is 11.7 Å². The first-order valence-electron chi connectivity index (χ1n) is 5.48. The van der Waals surface area contributed by atoms with Crippen LogP contribution in [0.3, 0.4) is 0 Å². The predicted molar refractivity (Wildman–Crippen MR) is 60.9 cm³/mol. The van der Waals surface area contributed by atoms with Crippen LogP contribution in [0.15, 0.2) is 18.2 Å². The molecular weight excluding hydrogens is 231 g/mol. The average Bonchev–Trinajstić information content (AvgIpc) is 2.19. The number of hydrogen-bond donors (Lipinski definition) is 1. The maximum Gasteiger partial charge on any atom is 0.420 e. The highest BCUT2D eigenvalue weighted by molar-refractivity contribution is 5.49. The molecule has 0 aliphatic rings. The summed E-state index contributed by atoms with van der Waals surface area (Å²) in [7, 11) is 0. The third-order valence-electron chi connectivity index (χ3n) is 2.33. The van der Waals surface area contributed by atoms with Gasteiger partial charge in [0.1, 0.15) is 5.75 Å². The van der Waals surface area contributed by atoms with Crippen LogP contribution >= 0.6 is 0 Å². The lowest BCUT2D eigenvalue weighted by Gasteiger charge is -2.18. The maximum absolute atomic E-state index is 12.7. The van der Waals surface area contributed by atoms with Crippen LogP contribution in [0.2, 0.25) is 0 Å². The molecule has 0 spiro atoms. The van der Waals surface area contributed by atoms with Crippen LogP contribution in [0.1, 0.15) is 32.3 Å². The van der Waals surface area contributed by atoms with E-state index >= 15 is 0 Å². The van der Waals surface area contributed by atoms with Crippen molar-refractivity contribution in [2.45, 2.75) is 39.0 Å². The molecule has 2 N–H and O–H groups in total. The van der Waals surface area contributed by atoms with Crippen LogP contribution in [0.5, 0.6) is 5.75 Å². The van der Waals surface area contributed by atoms with Gasteiger partial charge >= 0.3 is 6.18 Å². The largest absolute Gasteiger partial charge is 0.490 e. The molecule has 1 aromatic rings. The minimum Gasteiger partial charge on any atom is -0.490 e. The first kappa shape index (κ1) is 13.7. The zero-order valence-corrected chi connectivity index (χ0v) is 9.84. The van der Waals surface area contributed by atoms with Crippen LogP contribution in [0.4, 0.5) is 18.9 Å². The van der Waals surface area contributed by atoms with Crippen molar-refractivity contribution in [2.24, 2.45) is 0 Å². The van der Waals surface area contributed by atoms with Crippen LogP contribution < -0.4 is 10.5 Å². The number of ether oxygens (including phenoxy) is 1. The number of alkyl halides is 3. The number of benzene rings is 1. The quantitative estimate of drug-likeness (QED) is 0.820. The normalized spacial score (nSPS) is 13.5. The summed E-state index contributed by atoms with van der Waals surface area (Å²) in [5, 5.41) is 0. The standard InChI is InChI=1S/C12H16F3NO/c1-3-4-8(2)17-11-6-5-9(16)7-10(11)12(13,14)15/h5-8H,3-4,16H2,1-2H3/t8-/m0/s1. The number of halogens is 3. The molecule has 0 heterocycles. The van der Waals surface area contributed by atoms with Gasteiger partial charge in [-0.05, 0) is 31.5 Å². The average molecular weight is 247 g/mol. The Labute approximate surface area is 98.6 Å². The van der Waals surface area contributed by atoms with E-state index in [0.717, 1.165) is 12.5 Å². The summed E-state index contributed by atoms with van der Waals surface area (Å²) in [6, 6.07) is 3.57. The van der Waals surface area contributed by atoms with Crippen molar-refractivity contribution in [3.8, 4) is 5.75 Å². The third kappa shape index (κ3) is 3.84. The Hall–Kier alpha value is -1.39. The van der Waals surface area contributed by atoms with Crippen molar-refractivity contribution in [1.29, 1.82) is 0 Å². The molecule has 0 saturated heterocycles. The second-order valence-corrected chi connectivity index (χ2v) is 3.97. The van der Waals surface area contributed by atoms with E-state index < -0.39 is 11.7 Å². The highest BCUT2D eigenvalue weighted by Gasteiger charge is 2.34. The van der Waals surface area contributed by atoms with Gasteiger partial charge in [0.25, 0.3) is 0 Å². The Balaban J connectivity index is 2.99. The number of hydrogen-bond acceptors (Lipinski definition) is 2. The van der Waals surface area contributed by atoms with Crippen molar-refractivity contribution in [2.75, 3.05) is 5.73 Å². The Morgan fingerprint density at radius 3 is 2.53 bits per heavy atom. The molecular formula is C12H16F3NO. The molecule has 0 aliphatic carbocycles. The fraction of sp³-hybridized carbons (Fsp3) is 0.500. The van der Waals surface area contributed by atoms with Gasteiger partial charge in [0.2, 0.25) is 0 Å². The highest BCUT2D eigenvalue weighted by atomic mass is 19.4. The lowest BCUT2D eigenvalue weighted by Crippen LogP contribution is -2.15. The Bertz CT molecular complexity index is 377. The molecule has 2 nitrogen and oxygen atoms in total. The van der Waals surface area contributed by atoms with Crippen molar-refractivity contribution >= 4 is 5.69 Å². The van der Waals surface area contributed by atoms with Crippen LogP contribution in [0.25, 0.3) is 0 Å². The molecule has 1 atom stereocenters. The Morgan fingerprint density at radius 1 is 1.35 bits per heavy atom. The Kier molecular flexibility index (Phi) is 4.26. The van der Waals surface area contributed by atoms with Gasteiger partial charge < -0.3 is 10.5 Å². The van der Waals surface area contributed by atoms with Crippen molar-refractivity contribution < 1.29 is 17.9 Å². The van der Waals surface area contributed by atoms with Gasteiger partial charge in [-0.2, -0.15) is 13.2 Å². The molecule has 0 radical (unpaired) electrons. The topological polar surface area (TPSA) is 35.2 Å². The number of nitrogen functional groups attached to an aromatic ring is 1. The predicted octanol–water partition coefficient (Wildman–Crippen LogP) is 3.86. The van der Waals surface area contributed by atoms with Crippen molar-refractivity contribution in [1.82, 2.24) is 0 Å². The summed E-state index contributed by atoms with van der Waals surface area (Å²) in [6.07, 6.45) is -3.12. The van der Waals surface area contributed by atoms with Gasteiger partial charge in [-0.15, -0.1) is 0 Å². The molecule has 0 aliphatic heterocycles. The van der Waals surface area contributed by atoms with Crippen LogP contribution in [-0.4, -0.2) is 6.10 Å². The number of nitrogens with two attached hydrogens (primary N) is 1. The van der Waals surface area contributed by atoms with Crippen LogP contribution in [0, 0.1) is 0 Å². The molecule has 1 aromatic carbocycles. The van der Waals surface area contributed by atoms with Gasteiger partial charge in [-0.25, -0.2) is 0 Å². The first-order valence-corrected chi connectivity index (χ1v) is 5.48. The minimum absolute atomic E-state index is 0.0767. The molecule has 0 fully saturated rings. The zero-order chi connectivity index (χ0) is 13.1. The van der Waals surface area contributed by atoms with Gasteiger partial charge in [-0.1, -0.05) is 13.3 Å². The summed E-state index contributed by atoms with van der Waals surface area (Å²) < 4.78 is 43.5. The van der Waals surface area contributed by atoms with E-state index in [0.29, 0.717) is 6.42 Å².